The van der Waals surface area contributed by atoms with Gasteiger partial charge in [0.2, 0.25) is 5.91 Å². The molecular weight excluding hydrogens is 486 g/mol. The number of nitrogens with zero attached hydrogens (tertiary/aromatic N) is 1. The number of hydrogen-bond acceptors (Lipinski definition) is 4. The summed E-state index contributed by atoms with van der Waals surface area (Å²) in [5.41, 5.74) is 4.44. The van der Waals surface area contributed by atoms with Gasteiger partial charge in [0.15, 0.2) is 11.5 Å². The summed E-state index contributed by atoms with van der Waals surface area (Å²) in [6.07, 6.45) is 0.692. The summed E-state index contributed by atoms with van der Waals surface area (Å²) in [4.78, 5) is 28.0. The maximum absolute atomic E-state index is 13.3. The van der Waals surface area contributed by atoms with Gasteiger partial charge in [-0.05, 0) is 60.7 Å². The molecule has 39 heavy (non-hydrogen) atoms. The van der Waals surface area contributed by atoms with Gasteiger partial charge in [-0.3, -0.25) is 4.79 Å². The number of esters is 1. The Morgan fingerprint density at radius 3 is 1.95 bits per heavy atom. The Hall–Kier alpha value is -4.38. The topological polar surface area (TPSA) is 55.8 Å². The van der Waals surface area contributed by atoms with Crippen LogP contribution < -0.4 is 14.4 Å². The van der Waals surface area contributed by atoms with Gasteiger partial charge in [0, 0.05) is 23.9 Å². The second-order valence-corrected chi connectivity index (χ2v) is 10.9. The number of benzene rings is 4. The summed E-state index contributed by atoms with van der Waals surface area (Å²) < 4.78 is 11.6. The van der Waals surface area contributed by atoms with Gasteiger partial charge in [-0.2, -0.15) is 0 Å². The standard InChI is InChI=1S/C34H33NO4/c1-23(36)35-29-21-30(38-5)31(20-28(29)34(4,22-33(35,2)3)27-14-10-7-11-15-27)39-32(37)26-18-16-25(17-19-26)24-12-8-6-9-13-24/h6-21H,22H2,1-5H3. The number of hydrogen-bond donors (Lipinski definition) is 0. The molecular formula is C34H33NO4. The first-order valence-electron chi connectivity index (χ1n) is 13.1. The lowest BCUT2D eigenvalue weighted by Crippen LogP contribution is -2.55. The van der Waals surface area contributed by atoms with Gasteiger partial charge in [-0.15, -0.1) is 0 Å². The van der Waals surface area contributed by atoms with Crippen molar-refractivity contribution in [3.63, 3.8) is 0 Å². The first kappa shape index (κ1) is 26.2. The number of carbonyl (C=O) groups is 2. The maximum atomic E-state index is 13.3. The van der Waals surface area contributed by atoms with Crippen LogP contribution in [0.25, 0.3) is 11.1 Å². The highest BCUT2D eigenvalue weighted by molar-refractivity contribution is 5.96. The molecule has 0 radical (unpaired) electrons. The van der Waals surface area contributed by atoms with Gasteiger partial charge in [-0.1, -0.05) is 79.7 Å². The van der Waals surface area contributed by atoms with E-state index in [2.05, 4.69) is 32.9 Å². The highest BCUT2D eigenvalue weighted by Gasteiger charge is 2.47. The Morgan fingerprint density at radius 1 is 0.769 bits per heavy atom. The molecule has 0 aliphatic carbocycles. The summed E-state index contributed by atoms with van der Waals surface area (Å²) >= 11 is 0. The van der Waals surface area contributed by atoms with Crippen molar-refractivity contribution in [1.82, 2.24) is 0 Å². The van der Waals surface area contributed by atoms with E-state index in [4.69, 9.17) is 9.47 Å². The fraction of sp³-hybridized carbons (Fsp3) is 0.235. The Balaban J connectivity index is 1.56. The van der Waals surface area contributed by atoms with E-state index in [0.29, 0.717) is 23.5 Å². The van der Waals surface area contributed by atoms with Gasteiger partial charge >= 0.3 is 5.97 Å². The van der Waals surface area contributed by atoms with Gasteiger partial charge in [0.25, 0.3) is 0 Å². The van der Waals surface area contributed by atoms with Crippen LogP contribution >= 0.6 is 0 Å². The predicted molar refractivity (Wildman–Crippen MR) is 155 cm³/mol. The van der Waals surface area contributed by atoms with E-state index in [0.717, 1.165) is 27.9 Å². The molecule has 0 saturated carbocycles. The van der Waals surface area contributed by atoms with E-state index in [9.17, 15) is 9.59 Å². The monoisotopic (exact) mass is 519 g/mol. The normalized spacial score (nSPS) is 17.7. The molecule has 0 aromatic heterocycles. The molecule has 4 aromatic carbocycles. The average molecular weight is 520 g/mol. The molecule has 0 saturated heterocycles. The minimum absolute atomic E-state index is 0.0540. The highest BCUT2D eigenvalue weighted by atomic mass is 16.6. The largest absolute Gasteiger partial charge is 0.493 e. The number of amides is 1. The smallest absolute Gasteiger partial charge is 0.343 e. The third kappa shape index (κ3) is 4.81. The van der Waals surface area contributed by atoms with Gasteiger partial charge in [0.05, 0.1) is 18.4 Å². The van der Waals surface area contributed by atoms with E-state index in [1.54, 1.807) is 19.1 Å². The number of carbonyl (C=O) groups excluding carboxylic acids is 2. The minimum Gasteiger partial charge on any atom is -0.493 e. The number of anilines is 1. The van der Waals surface area contributed by atoms with Crippen molar-refractivity contribution in [3.8, 4) is 22.6 Å². The van der Waals surface area contributed by atoms with Crippen molar-refractivity contribution in [2.24, 2.45) is 0 Å². The lowest BCUT2D eigenvalue weighted by Gasteiger charge is -2.51. The zero-order valence-corrected chi connectivity index (χ0v) is 23.0. The van der Waals surface area contributed by atoms with Crippen LogP contribution in [0, 0.1) is 0 Å². The molecule has 1 heterocycles. The first-order chi connectivity index (χ1) is 18.6. The molecule has 1 atom stereocenters. The fourth-order valence-corrected chi connectivity index (χ4v) is 6.03. The summed E-state index contributed by atoms with van der Waals surface area (Å²) in [6, 6.07) is 31.3. The van der Waals surface area contributed by atoms with Gasteiger partial charge < -0.3 is 14.4 Å². The van der Waals surface area contributed by atoms with Crippen LogP contribution in [0.2, 0.25) is 0 Å². The lowest BCUT2D eigenvalue weighted by molar-refractivity contribution is -0.117. The minimum atomic E-state index is -0.478. The van der Waals surface area contributed by atoms with Crippen LogP contribution in [0.3, 0.4) is 0 Å². The van der Waals surface area contributed by atoms with E-state index in [-0.39, 0.29) is 5.91 Å². The maximum Gasteiger partial charge on any atom is 0.343 e. The summed E-state index contributed by atoms with van der Waals surface area (Å²) in [5, 5.41) is 0. The summed E-state index contributed by atoms with van der Waals surface area (Å²) in [6.45, 7) is 7.92. The zero-order chi connectivity index (χ0) is 27.8. The second-order valence-electron chi connectivity index (χ2n) is 10.9. The quantitative estimate of drug-likeness (QED) is 0.203. The molecule has 1 unspecified atom stereocenters. The molecule has 5 rings (SSSR count). The molecule has 5 nitrogen and oxygen atoms in total. The van der Waals surface area contributed by atoms with Crippen molar-refractivity contribution in [3.05, 3.63) is 114 Å². The molecule has 0 bridgehead atoms. The van der Waals surface area contributed by atoms with Gasteiger partial charge in [-0.25, -0.2) is 4.79 Å². The third-order valence-electron chi connectivity index (χ3n) is 7.67. The SMILES string of the molecule is COc1cc2c(cc1OC(=O)c1ccc(-c3ccccc3)cc1)C(C)(c1ccccc1)CC(C)(C)N2C(C)=O. The third-order valence-corrected chi connectivity index (χ3v) is 7.67. The zero-order valence-electron chi connectivity index (χ0n) is 23.0. The molecule has 1 aliphatic rings. The Morgan fingerprint density at radius 2 is 1.36 bits per heavy atom. The fourth-order valence-electron chi connectivity index (χ4n) is 6.03. The van der Waals surface area contributed by atoms with Gasteiger partial charge in [0.1, 0.15) is 0 Å². The van der Waals surface area contributed by atoms with Crippen molar-refractivity contribution < 1.29 is 19.1 Å². The lowest BCUT2D eigenvalue weighted by atomic mass is 9.65. The van der Waals surface area contributed by atoms with Crippen molar-refractivity contribution >= 4 is 17.6 Å². The van der Waals surface area contributed by atoms with Crippen LogP contribution in [0.1, 0.15) is 55.6 Å². The van der Waals surface area contributed by atoms with Crippen molar-refractivity contribution in [1.29, 1.82) is 0 Å². The molecule has 1 aliphatic heterocycles. The number of methoxy groups -OCH3 is 1. The van der Waals surface area contributed by atoms with E-state index in [1.807, 2.05) is 77.7 Å². The molecule has 1 amide bonds. The van der Waals surface area contributed by atoms with Crippen molar-refractivity contribution in [2.75, 3.05) is 12.0 Å². The molecule has 5 heteroatoms. The van der Waals surface area contributed by atoms with E-state index >= 15 is 0 Å². The van der Waals surface area contributed by atoms with Crippen LogP contribution in [-0.4, -0.2) is 24.5 Å². The Bertz CT molecular complexity index is 1510. The first-order valence-corrected chi connectivity index (χ1v) is 13.1. The average Bonchev–Trinajstić information content (AvgIpc) is 2.93. The van der Waals surface area contributed by atoms with Crippen LogP contribution in [-0.2, 0) is 10.2 Å². The number of rotatable bonds is 5. The highest BCUT2D eigenvalue weighted by Crippen LogP contribution is 2.53. The van der Waals surface area contributed by atoms with E-state index in [1.165, 1.54) is 7.11 Å². The van der Waals surface area contributed by atoms with Crippen LogP contribution in [0.4, 0.5) is 5.69 Å². The Labute approximate surface area is 230 Å². The Kier molecular flexibility index (Phi) is 6.77. The number of fused-ring (bicyclic) bond motifs is 1. The van der Waals surface area contributed by atoms with E-state index < -0.39 is 16.9 Å². The molecule has 0 fully saturated rings. The number of ether oxygens (including phenoxy) is 2. The second kappa shape index (κ2) is 10.1. The van der Waals surface area contributed by atoms with Crippen LogP contribution in [0.15, 0.2) is 97.1 Å². The molecule has 198 valence electrons. The summed E-state index contributed by atoms with van der Waals surface area (Å²) in [5.74, 6) is 0.177. The molecule has 4 aromatic rings. The van der Waals surface area contributed by atoms with Crippen LogP contribution in [0.5, 0.6) is 11.5 Å². The predicted octanol–water partition coefficient (Wildman–Crippen LogP) is 7.42. The molecule has 0 spiro atoms. The molecule has 0 N–H and O–H groups in total. The summed E-state index contributed by atoms with van der Waals surface area (Å²) in [7, 11) is 1.54. The van der Waals surface area contributed by atoms with Crippen molar-refractivity contribution in [2.45, 2.75) is 45.1 Å².